The Hall–Kier alpha value is -2.84. The predicted molar refractivity (Wildman–Crippen MR) is 125 cm³/mol. The molecule has 2 aromatic heterocycles. The minimum Gasteiger partial charge on any atom is -0.348 e. The third-order valence-corrected chi connectivity index (χ3v) is 7.37. The van der Waals surface area contributed by atoms with Gasteiger partial charge in [0.15, 0.2) is 5.13 Å². The maximum atomic E-state index is 13.4. The molecule has 3 heterocycles. The molecule has 1 N–H and O–H groups in total. The zero-order valence-electron chi connectivity index (χ0n) is 17.0. The highest BCUT2D eigenvalue weighted by atomic mass is 32.1. The number of hydrogen-bond donors (Lipinski definition) is 1. The zero-order valence-corrected chi connectivity index (χ0v) is 18.6. The Labute approximate surface area is 187 Å². The molecule has 1 aliphatic rings. The van der Waals surface area contributed by atoms with Gasteiger partial charge in [0.1, 0.15) is 5.82 Å². The minimum absolute atomic E-state index is 0.0340. The van der Waals surface area contributed by atoms with Crippen LogP contribution in [-0.4, -0.2) is 29.0 Å². The maximum absolute atomic E-state index is 13.4. The van der Waals surface area contributed by atoms with E-state index in [2.05, 4.69) is 20.2 Å². The molecule has 5 nitrogen and oxygen atoms in total. The van der Waals surface area contributed by atoms with Crippen molar-refractivity contribution >= 4 is 49.6 Å². The van der Waals surface area contributed by atoms with Gasteiger partial charge in [0.2, 0.25) is 5.91 Å². The summed E-state index contributed by atoms with van der Waals surface area (Å²) in [5.74, 6) is -0.224. The lowest BCUT2D eigenvalue weighted by molar-refractivity contribution is -0.120. The average molecular weight is 453 g/mol. The lowest BCUT2D eigenvalue weighted by Crippen LogP contribution is -2.38. The molecule has 31 heavy (non-hydrogen) atoms. The van der Waals surface area contributed by atoms with E-state index in [0.717, 1.165) is 63.2 Å². The summed E-state index contributed by atoms with van der Waals surface area (Å²) in [6.45, 7) is 3.51. The van der Waals surface area contributed by atoms with Crippen LogP contribution < -0.4 is 10.2 Å². The van der Waals surface area contributed by atoms with Crippen molar-refractivity contribution in [1.82, 2.24) is 9.97 Å². The number of amides is 1. The number of fused-ring (bicyclic) bond motifs is 1. The van der Waals surface area contributed by atoms with Gasteiger partial charge in [0.25, 0.3) is 0 Å². The van der Waals surface area contributed by atoms with Crippen molar-refractivity contribution in [3.63, 3.8) is 0 Å². The number of carbonyl (C=O) groups is 1. The summed E-state index contributed by atoms with van der Waals surface area (Å²) in [7, 11) is 0. The van der Waals surface area contributed by atoms with Crippen LogP contribution in [-0.2, 0) is 4.79 Å². The van der Waals surface area contributed by atoms with Crippen molar-refractivity contribution in [2.45, 2.75) is 19.8 Å². The van der Waals surface area contributed by atoms with E-state index >= 15 is 0 Å². The third kappa shape index (κ3) is 4.31. The summed E-state index contributed by atoms with van der Waals surface area (Å²) in [5, 5.41) is 7.02. The first-order chi connectivity index (χ1) is 15.0. The van der Waals surface area contributed by atoms with Gasteiger partial charge >= 0.3 is 0 Å². The lowest BCUT2D eigenvalue weighted by Gasteiger charge is -2.31. The molecule has 0 saturated carbocycles. The number of aromatic nitrogens is 2. The first-order valence-electron chi connectivity index (χ1n) is 10.2. The lowest BCUT2D eigenvalue weighted by atomic mass is 9.96. The molecule has 1 saturated heterocycles. The summed E-state index contributed by atoms with van der Waals surface area (Å²) in [4.78, 5) is 24.2. The molecule has 1 amide bonds. The van der Waals surface area contributed by atoms with E-state index < -0.39 is 0 Å². The number of halogens is 1. The molecule has 0 radical (unpaired) electrons. The van der Waals surface area contributed by atoms with Gasteiger partial charge in [-0.3, -0.25) is 4.79 Å². The number of carbonyl (C=O) groups excluding carboxylic acids is 1. The first-order valence-corrected chi connectivity index (χ1v) is 11.9. The Morgan fingerprint density at radius 2 is 2.00 bits per heavy atom. The van der Waals surface area contributed by atoms with Gasteiger partial charge in [-0.15, -0.1) is 11.3 Å². The fourth-order valence-corrected chi connectivity index (χ4v) is 5.52. The monoisotopic (exact) mass is 452 g/mol. The van der Waals surface area contributed by atoms with E-state index in [1.807, 2.05) is 36.6 Å². The molecular formula is C23H21FN4OS2. The second-order valence-electron chi connectivity index (χ2n) is 7.69. The van der Waals surface area contributed by atoms with Gasteiger partial charge in [-0.05, 0) is 50.1 Å². The van der Waals surface area contributed by atoms with Crippen LogP contribution in [0.3, 0.4) is 0 Å². The number of hydrogen-bond acceptors (Lipinski definition) is 6. The zero-order chi connectivity index (χ0) is 21.4. The molecular weight excluding hydrogens is 431 g/mol. The van der Waals surface area contributed by atoms with E-state index in [1.54, 1.807) is 17.4 Å². The Morgan fingerprint density at radius 3 is 2.77 bits per heavy atom. The van der Waals surface area contributed by atoms with E-state index in [4.69, 9.17) is 0 Å². The summed E-state index contributed by atoms with van der Waals surface area (Å²) < 4.78 is 14.3. The molecule has 4 aromatic rings. The van der Waals surface area contributed by atoms with Crippen molar-refractivity contribution in [2.75, 3.05) is 23.3 Å². The van der Waals surface area contributed by atoms with Crippen LogP contribution in [0.4, 0.5) is 15.2 Å². The highest BCUT2D eigenvalue weighted by Gasteiger charge is 2.26. The van der Waals surface area contributed by atoms with Gasteiger partial charge in [-0.25, -0.2) is 14.4 Å². The van der Waals surface area contributed by atoms with Gasteiger partial charge in [-0.1, -0.05) is 23.5 Å². The molecule has 0 atom stereocenters. The molecule has 8 heteroatoms. The van der Waals surface area contributed by atoms with Crippen molar-refractivity contribution < 1.29 is 9.18 Å². The molecule has 5 rings (SSSR count). The molecule has 0 spiro atoms. The van der Waals surface area contributed by atoms with Crippen LogP contribution in [0.15, 0.2) is 47.8 Å². The second kappa shape index (κ2) is 8.36. The van der Waals surface area contributed by atoms with E-state index in [1.165, 1.54) is 23.5 Å². The summed E-state index contributed by atoms with van der Waals surface area (Å²) in [6, 6.07) is 12.5. The highest BCUT2D eigenvalue weighted by Crippen LogP contribution is 2.32. The molecule has 158 valence electrons. The van der Waals surface area contributed by atoms with Crippen LogP contribution in [0, 0.1) is 18.7 Å². The number of aryl methyl sites for hydroxylation is 1. The number of nitrogens with zero attached hydrogens (tertiary/aromatic N) is 3. The molecule has 1 fully saturated rings. The predicted octanol–water partition coefficient (Wildman–Crippen LogP) is 5.72. The second-order valence-corrected chi connectivity index (χ2v) is 9.76. The van der Waals surface area contributed by atoms with E-state index in [-0.39, 0.29) is 17.6 Å². The Balaban J connectivity index is 1.22. The number of piperidine rings is 1. The fourth-order valence-electron chi connectivity index (χ4n) is 3.85. The summed E-state index contributed by atoms with van der Waals surface area (Å²) in [6.07, 6.45) is 1.53. The van der Waals surface area contributed by atoms with Gasteiger partial charge < -0.3 is 10.2 Å². The highest BCUT2D eigenvalue weighted by molar-refractivity contribution is 7.22. The number of rotatable bonds is 4. The van der Waals surface area contributed by atoms with E-state index in [9.17, 15) is 9.18 Å². The Kier molecular flexibility index (Phi) is 5.41. The largest absolute Gasteiger partial charge is 0.348 e. The van der Waals surface area contributed by atoms with E-state index in [0.29, 0.717) is 0 Å². The van der Waals surface area contributed by atoms with Gasteiger partial charge in [0.05, 0.1) is 20.9 Å². The van der Waals surface area contributed by atoms with Crippen LogP contribution in [0.2, 0.25) is 0 Å². The van der Waals surface area contributed by atoms with Crippen LogP contribution in [0.5, 0.6) is 0 Å². The summed E-state index contributed by atoms with van der Waals surface area (Å²) >= 11 is 3.12. The maximum Gasteiger partial charge on any atom is 0.227 e. The number of thiazole rings is 2. The smallest absolute Gasteiger partial charge is 0.227 e. The normalized spacial score (nSPS) is 14.8. The van der Waals surface area contributed by atoms with Crippen LogP contribution >= 0.6 is 22.7 Å². The van der Waals surface area contributed by atoms with Crippen LogP contribution in [0.1, 0.15) is 17.8 Å². The number of anilines is 2. The SMILES string of the molecule is Cc1nc(-c2cccc(NC(=O)C3CCN(c4nc5ccc(F)cc5s4)CC3)c2)cs1. The van der Waals surface area contributed by atoms with Crippen molar-refractivity contribution in [1.29, 1.82) is 0 Å². The quantitative estimate of drug-likeness (QED) is 0.430. The van der Waals surface area contributed by atoms with Crippen molar-refractivity contribution in [3.8, 4) is 11.3 Å². The van der Waals surface area contributed by atoms with Crippen molar-refractivity contribution in [2.24, 2.45) is 5.92 Å². The standard InChI is InChI=1S/C23H21FN4OS2/c1-14-25-20(13-30-14)16-3-2-4-18(11-16)26-22(29)15-7-9-28(10-8-15)23-27-19-6-5-17(24)12-21(19)31-23/h2-6,11-13,15H,7-10H2,1H3,(H,26,29). The molecule has 0 unspecified atom stereocenters. The minimum atomic E-state index is -0.243. The fraction of sp³-hybridized carbons (Fsp3) is 0.261. The molecule has 0 bridgehead atoms. The van der Waals surface area contributed by atoms with Crippen LogP contribution in [0.25, 0.3) is 21.5 Å². The molecule has 2 aromatic carbocycles. The summed E-state index contributed by atoms with van der Waals surface area (Å²) in [5.41, 5.74) is 3.55. The first kappa shape index (κ1) is 20.1. The Bertz CT molecular complexity index is 1240. The van der Waals surface area contributed by atoms with Gasteiger partial charge in [0, 0.05) is 35.6 Å². The van der Waals surface area contributed by atoms with Crippen molar-refractivity contribution in [3.05, 3.63) is 58.7 Å². The molecule has 1 aliphatic heterocycles. The number of nitrogens with one attached hydrogen (secondary N) is 1. The topological polar surface area (TPSA) is 58.1 Å². The number of benzene rings is 2. The third-order valence-electron chi connectivity index (χ3n) is 5.52. The van der Waals surface area contributed by atoms with Gasteiger partial charge in [-0.2, -0.15) is 0 Å². The average Bonchev–Trinajstić information content (AvgIpc) is 3.40. The Morgan fingerprint density at radius 1 is 1.16 bits per heavy atom. The molecule has 0 aliphatic carbocycles.